The fourth-order valence-corrected chi connectivity index (χ4v) is 6.47. The molecule has 1 saturated heterocycles. The Hall–Kier alpha value is -3.89. The summed E-state index contributed by atoms with van der Waals surface area (Å²) in [5.41, 5.74) is 5.52. The van der Waals surface area contributed by atoms with Gasteiger partial charge in [-0.05, 0) is 106 Å². The quantitative estimate of drug-likeness (QED) is 0.0948. The minimum Gasteiger partial charge on any atom is -0.495 e. The summed E-state index contributed by atoms with van der Waals surface area (Å²) in [6, 6.07) is 11.5. The topological polar surface area (TPSA) is 101 Å². The van der Waals surface area contributed by atoms with Crippen LogP contribution in [0, 0.1) is 6.92 Å². The average molecular weight is 664 g/mol. The molecule has 0 spiro atoms. The van der Waals surface area contributed by atoms with Gasteiger partial charge in [0.05, 0.1) is 41.2 Å². The Labute approximate surface area is 280 Å². The van der Waals surface area contributed by atoms with E-state index in [1.807, 2.05) is 31.2 Å². The summed E-state index contributed by atoms with van der Waals surface area (Å²) in [6.45, 7) is 11.1. The van der Waals surface area contributed by atoms with Crippen molar-refractivity contribution in [3.63, 3.8) is 0 Å². The number of hydrogen-bond acceptors (Lipinski definition) is 8. The predicted molar refractivity (Wildman–Crippen MR) is 188 cm³/mol. The largest absolute Gasteiger partial charge is 0.495 e. The lowest BCUT2D eigenvalue weighted by Crippen LogP contribution is -2.25. The molecule has 0 unspecified atom stereocenters. The summed E-state index contributed by atoms with van der Waals surface area (Å²) >= 11 is 13.3. The Kier molecular flexibility index (Phi) is 11.4. The van der Waals surface area contributed by atoms with Gasteiger partial charge in [0, 0.05) is 23.2 Å². The van der Waals surface area contributed by atoms with E-state index >= 15 is 0 Å². The van der Waals surface area contributed by atoms with E-state index in [1.165, 1.54) is 32.0 Å². The zero-order valence-electron chi connectivity index (χ0n) is 26.5. The van der Waals surface area contributed by atoms with Gasteiger partial charge in [0.1, 0.15) is 11.5 Å². The van der Waals surface area contributed by atoms with Gasteiger partial charge in [0.25, 0.3) is 0 Å². The zero-order chi connectivity index (χ0) is 32.6. The highest BCUT2D eigenvalue weighted by molar-refractivity contribution is 6.41. The van der Waals surface area contributed by atoms with E-state index in [9.17, 15) is 4.79 Å². The normalized spacial score (nSPS) is 13.2. The Morgan fingerprint density at radius 3 is 2.48 bits per heavy atom. The number of likely N-dealkylation sites (tertiary alicyclic amines) is 1. The Morgan fingerprint density at radius 1 is 1.04 bits per heavy atom. The van der Waals surface area contributed by atoms with Gasteiger partial charge in [-0.3, -0.25) is 4.79 Å². The number of nitrogens with zero attached hydrogens (tertiary/aromatic N) is 3. The summed E-state index contributed by atoms with van der Waals surface area (Å²) < 4.78 is 10.9. The highest BCUT2D eigenvalue weighted by Gasteiger charge is 2.19. The summed E-state index contributed by atoms with van der Waals surface area (Å²) in [7, 11) is 3.08. The van der Waals surface area contributed by atoms with Crippen LogP contribution in [0.2, 0.25) is 10.0 Å². The minimum absolute atomic E-state index is 0.293. The van der Waals surface area contributed by atoms with Crippen molar-refractivity contribution >= 4 is 57.3 Å². The molecule has 1 aliphatic heterocycles. The van der Waals surface area contributed by atoms with Crippen LogP contribution < -0.4 is 25.4 Å². The van der Waals surface area contributed by atoms with Crippen LogP contribution in [-0.4, -0.2) is 67.7 Å². The maximum atomic E-state index is 12.4. The number of halogens is 2. The number of amides is 1. The van der Waals surface area contributed by atoms with E-state index in [0.29, 0.717) is 44.3 Å². The highest BCUT2D eigenvalue weighted by atomic mass is 35.5. The fourth-order valence-electron chi connectivity index (χ4n) is 5.75. The van der Waals surface area contributed by atoms with Gasteiger partial charge in [-0.15, -0.1) is 0 Å². The van der Waals surface area contributed by atoms with E-state index in [1.54, 1.807) is 26.5 Å². The molecule has 9 nitrogen and oxygen atoms in total. The van der Waals surface area contributed by atoms with Crippen LogP contribution in [0.25, 0.3) is 22.0 Å². The molecule has 1 aliphatic rings. The van der Waals surface area contributed by atoms with Gasteiger partial charge in [0.2, 0.25) is 11.9 Å². The van der Waals surface area contributed by atoms with Gasteiger partial charge in [-0.25, -0.2) is 9.97 Å². The molecule has 5 rings (SSSR count). The van der Waals surface area contributed by atoms with Crippen molar-refractivity contribution in [1.29, 1.82) is 0 Å². The van der Waals surface area contributed by atoms with Crippen LogP contribution in [-0.2, 0) is 11.2 Å². The van der Waals surface area contributed by atoms with Crippen LogP contribution >= 0.6 is 23.2 Å². The molecule has 0 radical (unpaired) electrons. The Bertz CT molecular complexity index is 1700. The standard InChI is InChI=1S/C35H40Cl2N6O3/c1-5-30(44)40-27-18-23(11-13-38-12-8-16-43-14-6-7-15-43)17-22(2)34(27)42-35-39-21-25-19-24(9-10-26(25)41-35)31-32(36)28(45-3)20-29(46-4)33(31)37/h5,9-10,17-21,38H,1,6-8,11-16H2,2-4H3,(H,40,44)(H,39,41,42). The van der Waals surface area contributed by atoms with Crippen LogP contribution in [0.15, 0.2) is 55.3 Å². The number of nitrogens with one attached hydrogen (secondary N) is 3. The van der Waals surface area contributed by atoms with Crippen LogP contribution in [0.1, 0.15) is 30.4 Å². The second-order valence-electron chi connectivity index (χ2n) is 11.3. The molecule has 4 aromatic rings. The molecule has 11 heteroatoms. The summed E-state index contributed by atoms with van der Waals surface area (Å²) in [6.07, 6.45) is 7.62. The number of carbonyl (C=O) groups is 1. The highest BCUT2D eigenvalue weighted by Crippen LogP contribution is 2.46. The van der Waals surface area contributed by atoms with E-state index in [-0.39, 0.29) is 5.91 Å². The van der Waals surface area contributed by atoms with Gasteiger partial charge in [-0.2, -0.15) is 0 Å². The second kappa shape index (κ2) is 15.6. The monoisotopic (exact) mass is 662 g/mol. The molecule has 0 aliphatic carbocycles. The van der Waals surface area contributed by atoms with E-state index in [4.69, 9.17) is 37.7 Å². The molecule has 0 saturated carbocycles. The lowest BCUT2D eigenvalue weighted by Gasteiger charge is -2.17. The first-order chi connectivity index (χ1) is 22.3. The molecule has 0 atom stereocenters. The third-order valence-corrected chi connectivity index (χ3v) is 8.89. The van der Waals surface area contributed by atoms with Crippen molar-refractivity contribution < 1.29 is 14.3 Å². The molecular weight excluding hydrogens is 623 g/mol. The van der Waals surface area contributed by atoms with Crippen molar-refractivity contribution in [3.8, 4) is 22.6 Å². The van der Waals surface area contributed by atoms with E-state index in [0.717, 1.165) is 60.2 Å². The van der Waals surface area contributed by atoms with Crippen LogP contribution in [0.5, 0.6) is 11.5 Å². The van der Waals surface area contributed by atoms with E-state index < -0.39 is 0 Å². The molecular formula is C35H40Cl2N6O3. The van der Waals surface area contributed by atoms with Crippen molar-refractivity contribution in [2.45, 2.75) is 32.6 Å². The zero-order valence-corrected chi connectivity index (χ0v) is 28.0. The molecule has 46 heavy (non-hydrogen) atoms. The number of carbonyl (C=O) groups excluding carboxylic acids is 1. The SMILES string of the molecule is C=CC(=O)Nc1cc(CCNCCCN2CCCC2)cc(C)c1Nc1ncc2cc(-c3c(Cl)c(OC)cc(OC)c3Cl)ccc2n1. The van der Waals surface area contributed by atoms with Crippen molar-refractivity contribution in [2.75, 3.05) is 57.6 Å². The first-order valence-corrected chi connectivity index (χ1v) is 16.2. The average Bonchev–Trinajstić information content (AvgIpc) is 3.58. The molecule has 1 amide bonds. The third-order valence-electron chi connectivity index (χ3n) is 8.13. The van der Waals surface area contributed by atoms with Crippen molar-refractivity contribution in [1.82, 2.24) is 20.2 Å². The number of ether oxygens (including phenoxy) is 2. The molecule has 1 aromatic heterocycles. The Morgan fingerprint density at radius 2 is 1.78 bits per heavy atom. The molecule has 3 N–H and O–H groups in total. The molecule has 3 aromatic carbocycles. The van der Waals surface area contributed by atoms with E-state index in [2.05, 4.69) is 38.5 Å². The first kappa shape index (κ1) is 33.5. The number of benzene rings is 3. The number of anilines is 3. The summed E-state index contributed by atoms with van der Waals surface area (Å²) in [5.74, 6) is 1.01. The number of aryl methyl sites for hydroxylation is 1. The number of aromatic nitrogens is 2. The summed E-state index contributed by atoms with van der Waals surface area (Å²) in [5, 5.41) is 11.4. The summed E-state index contributed by atoms with van der Waals surface area (Å²) in [4.78, 5) is 24.2. The van der Waals surface area contributed by atoms with Crippen molar-refractivity contribution in [2.24, 2.45) is 0 Å². The van der Waals surface area contributed by atoms with Gasteiger partial charge in [-0.1, -0.05) is 41.9 Å². The molecule has 2 heterocycles. The smallest absolute Gasteiger partial charge is 0.247 e. The predicted octanol–water partition coefficient (Wildman–Crippen LogP) is 7.42. The maximum Gasteiger partial charge on any atom is 0.247 e. The number of rotatable bonds is 14. The number of methoxy groups -OCH3 is 2. The van der Waals surface area contributed by atoms with Crippen molar-refractivity contribution in [3.05, 3.63) is 76.4 Å². The minimum atomic E-state index is -0.293. The van der Waals surface area contributed by atoms with Crippen LogP contribution in [0.3, 0.4) is 0 Å². The fraction of sp³-hybridized carbons (Fsp3) is 0.343. The molecule has 242 valence electrons. The van der Waals surface area contributed by atoms with Gasteiger partial charge < -0.3 is 30.3 Å². The lowest BCUT2D eigenvalue weighted by atomic mass is 10.0. The number of fused-ring (bicyclic) bond motifs is 1. The molecule has 0 bridgehead atoms. The third kappa shape index (κ3) is 7.90. The molecule has 1 fully saturated rings. The number of hydrogen-bond donors (Lipinski definition) is 3. The second-order valence-corrected chi connectivity index (χ2v) is 12.1. The lowest BCUT2D eigenvalue weighted by molar-refractivity contribution is -0.111. The first-order valence-electron chi connectivity index (χ1n) is 15.5. The van der Waals surface area contributed by atoms with Crippen LogP contribution in [0.4, 0.5) is 17.3 Å². The van der Waals surface area contributed by atoms with Gasteiger partial charge in [0.15, 0.2) is 0 Å². The maximum absolute atomic E-state index is 12.4. The Balaban J connectivity index is 1.33. The van der Waals surface area contributed by atoms with Gasteiger partial charge >= 0.3 is 0 Å².